The topological polar surface area (TPSA) is 44.5 Å². The summed E-state index contributed by atoms with van der Waals surface area (Å²) < 4.78 is 11.4. The second kappa shape index (κ2) is 5.55. The maximum Gasteiger partial charge on any atom is 0.166 e. The lowest BCUT2D eigenvalue weighted by Gasteiger charge is -2.23. The summed E-state index contributed by atoms with van der Waals surface area (Å²) in [5.74, 6) is 1.57. The number of aryl methyl sites for hydroxylation is 1. The SMILES string of the molecule is CCc1cccc(C(N)c2cccc3c2OCCO3)c1. The van der Waals surface area contributed by atoms with E-state index in [0.717, 1.165) is 29.0 Å². The normalized spacial score (nSPS) is 14.9. The lowest BCUT2D eigenvalue weighted by atomic mass is 9.96. The third kappa shape index (κ3) is 2.37. The number of ether oxygens (including phenoxy) is 2. The van der Waals surface area contributed by atoms with E-state index < -0.39 is 0 Å². The second-order valence-electron chi connectivity index (χ2n) is 4.95. The number of hydrogen-bond acceptors (Lipinski definition) is 3. The lowest BCUT2D eigenvalue weighted by Crippen LogP contribution is -2.20. The predicted octanol–water partition coefficient (Wildman–Crippen LogP) is 3.07. The number of nitrogens with two attached hydrogens (primary N) is 1. The molecule has 1 heterocycles. The van der Waals surface area contributed by atoms with Gasteiger partial charge in [-0.25, -0.2) is 0 Å². The number of benzene rings is 2. The van der Waals surface area contributed by atoms with Gasteiger partial charge in [0.2, 0.25) is 0 Å². The van der Waals surface area contributed by atoms with E-state index in [1.807, 2.05) is 18.2 Å². The number of rotatable bonds is 3. The average molecular weight is 269 g/mol. The number of para-hydroxylation sites is 1. The van der Waals surface area contributed by atoms with Crippen LogP contribution >= 0.6 is 0 Å². The van der Waals surface area contributed by atoms with Gasteiger partial charge in [0.25, 0.3) is 0 Å². The van der Waals surface area contributed by atoms with Crippen molar-refractivity contribution < 1.29 is 9.47 Å². The Bertz CT molecular complexity index is 610. The quantitative estimate of drug-likeness (QED) is 0.931. The van der Waals surface area contributed by atoms with E-state index in [-0.39, 0.29) is 6.04 Å². The van der Waals surface area contributed by atoms with E-state index in [1.54, 1.807) is 0 Å². The fourth-order valence-electron chi connectivity index (χ4n) is 2.53. The molecular formula is C17H19NO2. The highest BCUT2D eigenvalue weighted by atomic mass is 16.6. The van der Waals surface area contributed by atoms with E-state index in [9.17, 15) is 0 Å². The predicted molar refractivity (Wildman–Crippen MR) is 79.3 cm³/mol. The number of fused-ring (bicyclic) bond motifs is 1. The molecule has 0 amide bonds. The maximum atomic E-state index is 6.43. The summed E-state index contributed by atoms with van der Waals surface area (Å²) in [5, 5.41) is 0. The van der Waals surface area contributed by atoms with Crippen molar-refractivity contribution in [1.29, 1.82) is 0 Å². The summed E-state index contributed by atoms with van der Waals surface area (Å²) in [4.78, 5) is 0. The Balaban J connectivity index is 1.99. The highest BCUT2D eigenvalue weighted by molar-refractivity contribution is 5.51. The first-order valence-corrected chi connectivity index (χ1v) is 7.02. The highest BCUT2D eigenvalue weighted by Crippen LogP contribution is 2.38. The van der Waals surface area contributed by atoms with Gasteiger partial charge in [-0.2, -0.15) is 0 Å². The van der Waals surface area contributed by atoms with Crippen molar-refractivity contribution in [2.45, 2.75) is 19.4 Å². The first kappa shape index (κ1) is 13.0. The van der Waals surface area contributed by atoms with Crippen LogP contribution in [0, 0.1) is 0 Å². The van der Waals surface area contributed by atoms with Crippen LogP contribution in [0.25, 0.3) is 0 Å². The van der Waals surface area contributed by atoms with Gasteiger partial charge in [0.05, 0.1) is 6.04 Å². The van der Waals surface area contributed by atoms with Gasteiger partial charge in [-0.1, -0.05) is 43.3 Å². The van der Waals surface area contributed by atoms with Gasteiger partial charge in [0.15, 0.2) is 11.5 Å². The van der Waals surface area contributed by atoms with Crippen LogP contribution in [0.4, 0.5) is 0 Å². The van der Waals surface area contributed by atoms with Crippen molar-refractivity contribution in [2.24, 2.45) is 5.73 Å². The zero-order valence-corrected chi connectivity index (χ0v) is 11.6. The summed E-state index contributed by atoms with van der Waals surface area (Å²) in [5.41, 5.74) is 9.81. The van der Waals surface area contributed by atoms with Gasteiger partial charge >= 0.3 is 0 Å². The lowest BCUT2D eigenvalue weighted by molar-refractivity contribution is 0.169. The van der Waals surface area contributed by atoms with Crippen LogP contribution < -0.4 is 15.2 Å². The minimum atomic E-state index is -0.196. The molecule has 104 valence electrons. The summed E-state index contributed by atoms with van der Waals surface area (Å²) in [6.45, 7) is 3.31. The molecule has 20 heavy (non-hydrogen) atoms. The molecule has 1 aliphatic heterocycles. The molecule has 0 fully saturated rings. The smallest absolute Gasteiger partial charge is 0.166 e. The Morgan fingerprint density at radius 3 is 2.75 bits per heavy atom. The molecule has 0 bridgehead atoms. The zero-order chi connectivity index (χ0) is 13.9. The minimum absolute atomic E-state index is 0.196. The van der Waals surface area contributed by atoms with Crippen LogP contribution in [0.3, 0.4) is 0 Å². The minimum Gasteiger partial charge on any atom is -0.486 e. The van der Waals surface area contributed by atoms with Crippen molar-refractivity contribution in [3.63, 3.8) is 0 Å². The molecule has 0 aromatic heterocycles. The van der Waals surface area contributed by atoms with Crippen LogP contribution in [0.5, 0.6) is 11.5 Å². The van der Waals surface area contributed by atoms with Crippen LogP contribution in [-0.4, -0.2) is 13.2 Å². The number of hydrogen-bond donors (Lipinski definition) is 1. The highest BCUT2D eigenvalue weighted by Gasteiger charge is 2.20. The molecule has 0 aliphatic carbocycles. The maximum absolute atomic E-state index is 6.43. The first-order valence-electron chi connectivity index (χ1n) is 7.02. The van der Waals surface area contributed by atoms with Gasteiger partial charge in [-0.15, -0.1) is 0 Å². The summed E-state index contributed by atoms with van der Waals surface area (Å²) >= 11 is 0. The molecule has 0 spiro atoms. The Labute approximate surface area is 119 Å². The van der Waals surface area contributed by atoms with Gasteiger partial charge < -0.3 is 15.2 Å². The van der Waals surface area contributed by atoms with Gasteiger partial charge in [0, 0.05) is 5.56 Å². The van der Waals surface area contributed by atoms with Crippen LogP contribution in [0.1, 0.15) is 29.7 Å². The third-order valence-corrected chi connectivity index (χ3v) is 3.65. The fourth-order valence-corrected chi connectivity index (χ4v) is 2.53. The van der Waals surface area contributed by atoms with Crippen molar-refractivity contribution >= 4 is 0 Å². The molecule has 1 unspecified atom stereocenters. The van der Waals surface area contributed by atoms with E-state index in [4.69, 9.17) is 15.2 Å². The molecule has 0 radical (unpaired) electrons. The first-order chi connectivity index (χ1) is 9.79. The molecule has 1 aliphatic rings. The molecule has 2 aromatic carbocycles. The molecule has 1 atom stereocenters. The zero-order valence-electron chi connectivity index (χ0n) is 11.6. The summed E-state index contributed by atoms with van der Waals surface area (Å²) in [6.07, 6.45) is 1.01. The molecular weight excluding hydrogens is 250 g/mol. The van der Waals surface area contributed by atoms with Crippen molar-refractivity contribution in [1.82, 2.24) is 0 Å². The van der Waals surface area contributed by atoms with E-state index in [1.165, 1.54) is 5.56 Å². The molecule has 0 saturated carbocycles. The average Bonchev–Trinajstić information content (AvgIpc) is 2.53. The third-order valence-electron chi connectivity index (χ3n) is 3.65. The molecule has 2 N–H and O–H groups in total. The Hall–Kier alpha value is -2.00. The fraction of sp³-hybridized carbons (Fsp3) is 0.294. The molecule has 3 rings (SSSR count). The second-order valence-corrected chi connectivity index (χ2v) is 4.95. The summed E-state index contributed by atoms with van der Waals surface area (Å²) in [7, 11) is 0. The Morgan fingerprint density at radius 2 is 1.90 bits per heavy atom. The van der Waals surface area contributed by atoms with Crippen molar-refractivity contribution in [3.05, 3.63) is 59.2 Å². The summed E-state index contributed by atoms with van der Waals surface area (Å²) in [6, 6.07) is 14.1. The van der Waals surface area contributed by atoms with Gasteiger partial charge in [-0.3, -0.25) is 0 Å². The van der Waals surface area contributed by atoms with Crippen LogP contribution in [0.15, 0.2) is 42.5 Å². The van der Waals surface area contributed by atoms with Gasteiger partial charge in [-0.05, 0) is 23.6 Å². The monoisotopic (exact) mass is 269 g/mol. The largest absolute Gasteiger partial charge is 0.486 e. The van der Waals surface area contributed by atoms with Crippen molar-refractivity contribution in [3.8, 4) is 11.5 Å². The Morgan fingerprint density at radius 1 is 1.10 bits per heavy atom. The molecule has 3 nitrogen and oxygen atoms in total. The van der Waals surface area contributed by atoms with Crippen molar-refractivity contribution in [2.75, 3.05) is 13.2 Å². The van der Waals surface area contributed by atoms with E-state index >= 15 is 0 Å². The Kier molecular flexibility index (Phi) is 3.61. The van der Waals surface area contributed by atoms with E-state index in [2.05, 4.69) is 31.2 Å². The molecule has 2 aromatic rings. The van der Waals surface area contributed by atoms with Gasteiger partial charge in [0.1, 0.15) is 13.2 Å². The van der Waals surface area contributed by atoms with Crippen LogP contribution in [0.2, 0.25) is 0 Å². The molecule has 3 heteroatoms. The molecule has 0 saturated heterocycles. The van der Waals surface area contributed by atoms with Crippen LogP contribution in [-0.2, 0) is 6.42 Å². The van der Waals surface area contributed by atoms with E-state index in [0.29, 0.717) is 13.2 Å². The standard InChI is InChI=1S/C17H19NO2/c1-2-12-5-3-6-13(11-12)16(18)14-7-4-8-15-17(14)20-10-9-19-15/h3-8,11,16H,2,9-10,18H2,1H3.